The van der Waals surface area contributed by atoms with E-state index in [2.05, 4.69) is 35.5 Å². The predicted octanol–water partition coefficient (Wildman–Crippen LogP) is 2.44. The summed E-state index contributed by atoms with van der Waals surface area (Å²) in [7, 11) is 0. The van der Waals surface area contributed by atoms with Gasteiger partial charge in [-0.2, -0.15) is 5.10 Å². The third kappa shape index (κ3) is 2.87. The molecule has 4 nitrogen and oxygen atoms in total. The summed E-state index contributed by atoms with van der Waals surface area (Å²) in [6.07, 6.45) is 6.90. The minimum absolute atomic E-state index is 0.453. The zero-order chi connectivity index (χ0) is 11.3. The van der Waals surface area contributed by atoms with Crippen molar-refractivity contribution in [3.05, 3.63) is 30.7 Å². The van der Waals surface area contributed by atoms with Crippen LogP contribution in [-0.4, -0.2) is 22.0 Å². The summed E-state index contributed by atoms with van der Waals surface area (Å²) in [5.41, 5.74) is 1.16. The second kappa shape index (κ2) is 5.24. The third-order valence-electron chi connectivity index (χ3n) is 1.93. The lowest BCUT2D eigenvalue weighted by Gasteiger charge is -1.99. The molecule has 0 spiro atoms. The fraction of sp³-hybridized carbons (Fsp3) is 0.364. The van der Waals surface area contributed by atoms with Gasteiger partial charge >= 0.3 is 0 Å². The van der Waals surface area contributed by atoms with E-state index >= 15 is 0 Å². The Morgan fingerprint density at radius 2 is 2.33 bits per heavy atom. The number of aliphatic imine (C=N–C) groups is 2. The lowest BCUT2D eigenvalue weighted by atomic mass is 10.1. The maximum absolute atomic E-state index is 4.20. The van der Waals surface area contributed by atoms with Gasteiger partial charge in [-0.1, -0.05) is 20.4 Å². The standard InChI is InChI=1S/C11H16N4/c1-5-12-11(13-6-2)15-8-10(7-14-15)9(3)4/h5-9H,1H2,2-4H3/b12-11?,13-6-. The summed E-state index contributed by atoms with van der Waals surface area (Å²) in [4.78, 5) is 8.15. The van der Waals surface area contributed by atoms with E-state index in [1.54, 1.807) is 10.9 Å². The summed E-state index contributed by atoms with van der Waals surface area (Å²) >= 11 is 0. The summed E-state index contributed by atoms with van der Waals surface area (Å²) in [5, 5.41) is 4.20. The van der Waals surface area contributed by atoms with Crippen LogP contribution in [-0.2, 0) is 0 Å². The number of hydrogen-bond acceptors (Lipinski definition) is 2. The molecule has 0 fully saturated rings. The Bertz CT molecular complexity index is 385. The molecule has 1 heterocycles. The summed E-state index contributed by atoms with van der Waals surface area (Å²) < 4.78 is 1.65. The molecule has 15 heavy (non-hydrogen) atoms. The molecule has 0 aromatic carbocycles. The van der Waals surface area contributed by atoms with Crippen LogP contribution in [0.1, 0.15) is 32.3 Å². The van der Waals surface area contributed by atoms with Gasteiger partial charge in [0.25, 0.3) is 0 Å². The SMILES string of the molecule is C=CN=C(/N=C\C)n1cc(C(C)C)cn1. The Labute approximate surface area is 90.1 Å². The largest absolute Gasteiger partial charge is 0.250 e. The highest BCUT2D eigenvalue weighted by Gasteiger charge is 2.05. The van der Waals surface area contributed by atoms with Gasteiger partial charge in [0.1, 0.15) is 0 Å². The lowest BCUT2D eigenvalue weighted by Crippen LogP contribution is -2.09. The van der Waals surface area contributed by atoms with Crippen molar-refractivity contribution in [1.82, 2.24) is 9.78 Å². The van der Waals surface area contributed by atoms with Gasteiger partial charge in [-0.05, 0) is 18.4 Å². The monoisotopic (exact) mass is 204 g/mol. The highest BCUT2D eigenvalue weighted by Crippen LogP contribution is 2.12. The molecule has 0 saturated heterocycles. The number of hydrogen-bond donors (Lipinski definition) is 0. The Morgan fingerprint density at radius 1 is 1.60 bits per heavy atom. The molecule has 1 rings (SSSR count). The fourth-order valence-electron chi connectivity index (χ4n) is 1.09. The van der Waals surface area contributed by atoms with E-state index in [1.165, 1.54) is 6.20 Å². The lowest BCUT2D eigenvalue weighted by molar-refractivity contribution is 0.865. The first-order valence-electron chi connectivity index (χ1n) is 4.91. The van der Waals surface area contributed by atoms with E-state index in [4.69, 9.17) is 0 Å². The minimum Gasteiger partial charge on any atom is -0.224 e. The second-order valence-corrected chi connectivity index (χ2v) is 3.37. The van der Waals surface area contributed by atoms with E-state index < -0.39 is 0 Å². The van der Waals surface area contributed by atoms with E-state index in [0.717, 1.165) is 5.56 Å². The van der Waals surface area contributed by atoms with Crippen molar-refractivity contribution in [2.45, 2.75) is 26.7 Å². The highest BCUT2D eigenvalue weighted by atomic mass is 15.3. The predicted molar refractivity (Wildman–Crippen MR) is 63.5 cm³/mol. The molecule has 0 radical (unpaired) electrons. The third-order valence-corrected chi connectivity index (χ3v) is 1.93. The van der Waals surface area contributed by atoms with Crippen LogP contribution in [0, 0.1) is 0 Å². The Kier molecular flexibility index (Phi) is 3.97. The van der Waals surface area contributed by atoms with Crippen LogP contribution in [0.4, 0.5) is 0 Å². The zero-order valence-electron chi connectivity index (χ0n) is 9.38. The van der Waals surface area contributed by atoms with Crippen molar-refractivity contribution in [2.24, 2.45) is 9.98 Å². The molecule has 1 aromatic rings. The van der Waals surface area contributed by atoms with Crippen molar-refractivity contribution in [3.8, 4) is 0 Å². The topological polar surface area (TPSA) is 42.5 Å². The molecular weight excluding hydrogens is 188 g/mol. The van der Waals surface area contributed by atoms with Crippen LogP contribution in [0.15, 0.2) is 35.2 Å². The number of rotatable bonds is 2. The average molecular weight is 204 g/mol. The molecule has 0 amide bonds. The normalized spacial score (nSPS) is 12.7. The van der Waals surface area contributed by atoms with E-state index in [-0.39, 0.29) is 0 Å². The van der Waals surface area contributed by atoms with Crippen LogP contribution >= 0.6 is 0 Å². The molecule has 0 saturated carbocycles. The van der Waals surface area contributed by atoms with Crippen LogP contribution in [0.5, 0.6) is 0 Å². The molecule has 0 aliphatic heterocycles. The van der Waals surface area contributed by atoms with Gasteiger partial charge in [0.2, 0.25) is 5.96 Å². The van der Waals surface area contributed by atoms with Gasteiger partial charge < -0.3 is 0 Å². The van der Waals surface area contributed by atoms with Gasteiger partial charge in [-0.25, -0.2) is 14.7 Å². The smallest absolute Gasteiger partial charge is 0.224 e. The molecule has 0 N–H and O–H groups in total. The fourth-order valence-corrected chi connectivity index (χ4v) is 1.09. The molecule has 1 aromatic heterocycles. The van der Waals surface area contributed by atoms with Crippen molar-refractivity contribution in [3.63, 3.8) is 0 Å². The second-order valence-electron chi connectivity index (χ2n) is 3.37. The van der Waals surface area contributed by atoms with Gasteiger partial charge in [0, 0.05) is 18.6 Å². The molecule has 0 aliphatic rings. The van der Waals surface area contributed by atoms with Crippen LogP contribution < -0.4 is 0 Å². The number of aromatic nitrogens is 2. The first-order valence-corrected chi connectivity index (χ1v) is 4.91. The Balaban J connectivity index is 3.02. The van der Waals surface area contributed by atoms with Crippen molar-refractivity contribution >= 4 is 12.2 Å². The van der Waals surface area contributed by atoms with Gasteiger partial charge in [0.05, 0.1) is 6.20 Å². The van der Waals surface area contributed by atoms with E-state index in [0.29, 0.717) is 11.9 Å². The molecule has 4 heteroatoms. The molecule has 0 bridgehead atoms. The molecule has 80 valence electrons. The molecule has 0 atom stereocenters. The van der Waals surface area contributed by atoms with Gasteiger partial charge in [-0.15, -0.1) is 0 Å². The first-order chi connectivity index (χ1) is 7.19. The van der Waals surface area contributed by atoms with E-state index in [9.17, 15) is 0 Å². The van der Waals surface area contributed by atoms with Gasteiger partial charge in [0.15, 0.2) is 0 Å². The van der Waals surface area contributed by atoms with Crippen LogP contribution in [0.2, 0.25) is 0 Å². The van der Waals surface area contributed by atoms with Crippen LogP contribution in [0.25, 0.3) is 0 Å². The maximum Gasteiger partial charge on any atom is 0.250 e. The highest BCUT2D eigenvalue weighted by molar-refractivity contribution is 5.88. The molecular formula is C11H16N4. The van der Waals surface area contributed by atoms with Gasteiger partial charge in [-0.3, -0.25) is 0 Å². The summed E-state index contributed by atoms with van der Waals surface area (Å²) in [6, 6.07) is 0. The van der Waals surface area contributed by atoms with Crippen molar-refractivity contribution in [2.75, 3.05) is 0 Å². The molecule has 0 unspecified atom stereocenters. The van der Waals surface area contributed by atoms with Crippen molar-refractivity contribution in [1.29, 1.82) is 0 Å². The number of nitrogens with zero attached hydrogens (tertiary/aromatic N) is 4. The molecule has 0 aliphatic carbocycles. The quantitative estimate of drug-likeness (QED) is 0.539. The van der Waals surface area contributed by atoms with Crippen molar-refractivity contribution < 1.29 is 0 Å². The van der Waals surface area contributed by atoms with E-state index in [1.807, 2.05) is 19.3 Å². The zero-order valence-corrected chi connectivity index (χ0v) is 9.38. The first kappa shape index (κ1) is 11.4. The maximum atomic E-state index is 4.20. The minimum atomic E-state index is 0.453. The summed E-state index contributed by atoms with van der Waals surface area (Å²) in [5.74, 6) is 0.980. The Hall–Kier alpha value is -1.71. The summed E-state index contributed by atoms with van der Waals surface area (Å²) in [6.45, 7) is 9.63. The average Bonchev–Trinajstić information content (AvgIpc) is 2.66. The Morgan fingerprint density at radius 3 is 2.80 bits per heavy atom. The van der Waals surface area contributed by atoms with Crippen LogP contribution in [0.3, 0.4) is 0 Å².